The van der Waals surface area contributed by atoms with Crippen molar-refractivity contribution < 1.29 is 13.6 Å². The number of nitrogens with zero attached hydrogens (tertiary/aromatic N) is 1. The molecule has 2 rings (SSSR count). The molecule has 1 amide bonds. The van der Waals surface area contributed by atoms with Gasteiger partial charge < -0.3 is 10.6 Å². The Morgan fingerprint density at radius 3 is 2.67 bits per heavy atom. The van der Waals surface area contributed by atoms with Crippen LogP contribution in [-0.4, -0.2) is 43.5 Å². The van der Waals surface area contributed by atoms with E-state index < -0.39 is 11.6 Å². The Labute approximate surface area is 104 Å². The van der Waals surface area contributed by atoms with E-state index in [2.05, 4.69) is 10.6 Å². The van der Waals surface area contributed by atoms with Crippen LogP contribution in [-0.2, 0) is 4.79 Å². The van der Waals surface area contributed by atoms with Gasteiger partial charge in [-0.2, -0.15) is 0 Å². The molecule has 0 atom stereocenters. The van der Waals surface area contributed by atoms with Crippen molar-refractivity contribution in [2.24, 2.45) is 0 Å². The number of benzene rings is 1. The van der Waals surface area contributed by atoms with Gasteiger partial charge in [-0.3, -0.25) is 9.69 Å². The largest absolute Gasteiger partial charge is 0.325 e. The highest BCUT2D eigenvalue weighted by molar-refractivity contribution is 5.92. The van der Waals surface area contributed by atoms with Gasteiger partial charge in [-0.25, -0.2) is 8.78 Å². The molecule has 1 aliphatic rings. The van der Waals surface area contributed by atoms with Gasteiger partial charge in [0.2, 0.25) is 5.91 Å². The van der Waals surface area contributed by atoms with Crippen molar-refractivity contribution in [2.75, 3.05) is 38.0 Å². The maximum Gasteiger partial charge on any atom is 0.238 e. The van der Waals surface area contributed by atoms with Crippen molar-refractivity contribution in [3.63, 3.8) is 0 Å². The molecule has 2 N–H and O–H groups in total. The molecular weight excluding hydrogens is 240 g/mol. The highest BCUT2D eigenvalue weighted by Crippen LogP contribution is 2.12. The average molecular weight is 255 g/mol. The van der Waals surface area contributed by atoms with Crippen LogP contribution in [0.15, 0.2) is 18.2 Å². The Hall–Kier alpha value is -1.53. The summed E-state index contributed by atoms with van der Waals surface area (Å²) < 4.78 is 25.6. The first-order valence-corrected chi connectivity index (χ1v) is 5.83. The monoisotopic (exact) mass is 255 g/mol. The van der Waals surface area contributed by atoms with Crippen molar-refractivity contribution >= 4 is 11.6 Å². The van der Waals surface area contributed by atoms with Crippen LogP contribution in [0, 0.1) is 11.6 Å². The summed E-state index contributed by atoms with van der Waals surface area (Å²) in [4.78, 5) is 13.7. The molecule has 0 saturated carbocycles. The van der Waals surface area contributed by atoms with Gasteiger partial charge >= 0.3 is 0 Å². The Kier molecular flexibility index (Phi) is 4.22. The van der Waals surface area contributed by atoms with E-state index in [1.54, 1.807) is 0 Å². The minimum Gasteiger partial charge on any atom is -0.325 e. The molecular formula is C12H15F2N3O. The quantitative estimate of drug-likeness (QED) is 0.840. The fourth-order valence-corrected chi connectivity index (χ4v) is 1.85. The predicted molar refractivity (Wildman–Crippen MR) is 64.3 cm³/mol. The lowest BCUT2D eigenvalue weighted by Crippen LogP contribution is -2.46. The normalized spacial score (nSPS) is 16.6. The molecule has 0 spiro atoms. The van der Waals surface area contributed by atoms with Gasteiger partial charge in [0.1, 0.15) is 0 Å². The number of halogens is 2. The van der Waals surface area contributed by atoms with E-state index in [0.29, 0.717) is 0 Å². The highest BCUT2D eigenvalue weighted by Gasteiger charge is 2.13. The van der Waals surface area contributed by atoms with Crippen LogP contribution >= 0.6 is 0 Å². The number of piperazine rings is 1. The topological polar surface area (TPSA) is 44.4 Å². The second kappa shape index (κ2) is 5.88. The van der Waals surface area contributed by atoms with E-state index in [-0.39, 0.29) is 18.1 Å². The smallest absolute Gasteiger partial charge is 0.238 e. The lowest BCUT2D eigenvalue weighted by atomic mass is 10.3. The molecule has 1 saturated heterocycles. The van der Waals surface area contributed by atoms with Gasteiger partial charge in [-0.15, -0.1) is 0 Å². The Morgan fingerprint density at radius 1 is 1.28 bits per heavy atom. The van der Waals surface area contributed by atoms with Crippen LogP contribution in [0.2, 0.25) is 0 Å². The molecule has 1 aromatic carbocycles. The summed E-state index contributed by atoms with van der Waals surface area (Å²) in [7, 11) is 0. The number of hydrogen-bond acceptors (Lipinski definition) is 3. The number of carbonyl (C=O) groups is 1. The third-order valence-corrected chi connectivity index (χ3v) is 2.78. The highest BCUT2D eigenvalue weighted by atomic mass is 19.2. The summed E-state index contributed by atoms with van der Waals surface area (Å²) in [6.45, 7) is 3.61. The lowest BCUT2D eigenvalue weighted by molar-refractivity contribution is -0.117. The summed E-state index contributed by atoms with van der Waals surface area (Å²) >= 11 is 0. The molecule has 6 heteroatoms. The van der Waals surface area contributed by atoms with Gasteiger partial charge in [0.25, 0.3) is 0 Å². The van der Waals surface area contributed by atoms with Crippen molar-refractivity contribution in [3.05, 3.63) is 29.8 Å². The molecule has 98 valence electrons. The number of carbonyl (C=O) groups excluding carboxylic acids is 1. The standard InChI is InChI=1S/C12H15F2N3O/c13-10-2-1-9(7-11(10)14)16-12(18)8-17-5-3-15-4-6-17/h1-2,7,15H,3-6,8H2,(H,16,18). The third kappa shape index (κ3) is 3.48. The van der Waals surface area contributed by atoms with Gasteiger partial charge in [-0.05, 0) is 12.1 Å². The summed E-state index contributed by atoms with van der Waals surface area (Å²) in [5.41, 5.74) is 0.272. The molecule has 4 nitrogen and oxygen atoms in total. The van der Waals surface area contributed by atoms with Gasteiger partial charge in [0, 0.05) is 37.9 Å². The average Bonchev–Trinajstić information content (AvgIpc) is 2.35. The maximum atomic E-state index is 12.9. The molecule has 0 aliphatic carbocycles. The molecule has 1 aromatic rings. The first kappa shape index (κ1) is 12.9. The van der Waals surface area contributed by atoms with Crippen LogP contribution in [0.5, 0.6) is 0 Å². The SMILES string of the molecule is O=C(CN1CCNCC1)Nc1ccc(F)c(F)c1. The molecule has 1 aliphatic heterocycles. The number of anilines is 1. The van der Waals surface area contributed by atoms with Crippen LogP contribution in [0.1, 0.15) is 0 Å². The van der Waals surface area contributed by atoms with E-state index in [1.807, 2.05) is 4.90 Å². The fraction of sp³-hybridized carbons (Fsp3) is 0.417. The van der Waals surface area contributed by atoms with E-state index in [9.17, 15) is 13.6 Å². The predicted octanol–water partition coefficient (Wildman–Crippen LogP) is 0.808. The van der Waals surface area contributed by atoms with Crippen molar-refractivity contribution in [1.29, 1.82) is 0 Å². The fourth-order valence-electron chi connectivity index (χ4n) is 1.85. The van der Waals surface area contributed by atoms with Crippen LogP contribution in [0.25, 0.3) is 0 Å². The second-order valence-electron chi connectivity index (χ2n) is 4.20. The number of nitrogens with one attached hydrogen (secondary N) is 2. The Balaban J connectivity index is 1.88. The van der Waals surface area contributed by atoms with Crippen LogP contribution in [0.4, 0.5) is 14.5 Å². The maximum absolute atomic E-state index is 12.9. The van der Waals surface area contributed by atoms with Crippen molar-refractivity contribution in [3.8, 4) is 0 Å². The van der Waals surface area contributed by atoms with Gasteiger partial charge in [0.15, 0.2) is 11.6 Å². The lowest BCUT2D eigenvalue weighted by Gasteiger charge is -2.26. The van der Waals surface area contributed by atoms with E-state index in [4.69, 9.17) is 0 Å². The minimum atomic E-state index is -0.963. The number of amides is 1. The molecule has 1 heterocycles. The zero-order chi connectivity index (χ0) is 13.0. The molecule has 0 unspecified atom stereocenters. The summed E-state index contributed by atoms with van der Waals surface area (Å²) in [5, 5.41) is 5.74. The third-order valence-electron chi connectivity index (χ3n) is 2.78. The van der Waals surface area contributed by atoms with Gasteiger partial charge in [-0.1, -0.05) is 0 Å². The van der Waals surface area contributed by atoms with E-state index >= 15 is 0 Å². The summed E-state index contributed by atoms with van der Waals surface area (Å²) in [5.74, 6) is -2.10. The number of rotatable bonds is 3. The van der Waals surface area contributed by atoms with E-state index in [0.717, 1.165) is 38.3 Å². The summed E-state index contributed by atoms with van der Waals surface area (Å²) in [6, 6.07) is 3.31. The van der Waals surface area contributed by atoms with Gasteiger partial charge in [0.05, 0.1) is 6.54 Å². The number of hydrogen-bond donors (Lipinski definition) is 2. The zero-order valence-electron chi connectivity index (χ0n) is 9.88. The van der Waals surface area contributed by atoms with E-state index in [1.165, 1.54) is 6.07 Å². The molecule has 18 heavy (non-hydrogen) atoms. The van der Waals surface area contributed by atoms with Crippen LogP contribution < -0.4 is 10.6 Å². The first-order valence-electron chi connectivity index (χ1n) is 5.83. The first-order chi connectivity index (χ1) is 8.65. The molecule has 0 radical (unpaired) electrons. The minimum absolute atomic E-state index is 0.220. The van der Waals surface area contributed by atoms with Crippen molar-refractivity contribution in [2.45, 2.75) is 0 Å². The molecule has 0 aromatic heterocycles. The van der Waals surface area contributed by atoms with Crippen LogP contribution in [0.3, 0.4) is 0 Å². The summed E-state index contributed by atoms with van der Waals surface area (Å²) in [6.07, 6.45) is 0. The second-order valence-corrected chi connectivity index (χ2v) is 4.20. The molecule has 1 fully saturated rings. The zero-order valence-corrected chi connectivity index (χ0v) is 9.88. The molecule has 0 bridgehead atoms. The van der Waals surface area contributed by atoms with Crippen molar-refractivity contribution in [1.82, 2.24) is 10.2 Å². The Morgan fingerprint density at radius 2 is 2.00 bits per heavy atom. The Bertz CT molecular complexity index is 433.